The monoisotopic (exact) mass is 442 g/mol. The average molecular weight is 443 g/mol. The van der Waals surface area contributed by atoms with E-state index < -0.39 is 0 Å². The molecule has 0 unspecified atom stereocenters. The van der Waals surface area contributed by atoms with E-state index in [-0.39, 0.29) is 5.91 Å². The number of nitrogens with zero attached hydrogens (tertiary/aromatic N) is 3. The van der Waals surface area contributed by atoms with Gasteiger partial charge in [-0.05, 0) is 30.5 Å². The molecule has 8 heteroatoms. The number of fused-ring (bicyclic) bond motifs is 1. The highest BCUT2D eigenvalue weighted by Crippen LogP contribution is 2.33. The number of hydrogen-bond donors (Lipinski definition) is 1. The second-order valence-corrected chi connectivity index (χ2v) is 9.62. The van der Waals surface area contributed by atoms with Crippen molar-refractivity contribution in [1.29, 1.82) is 0 Å². The molecule has 2 aliphatic heterocycles. The fourth-order valence-electron chi connectivity index (χ4n) is 4.59. The van der Waals surface area contributed by atoms with Crippen molar-refractivity contribution < 1.29 is 14.3 Å². The van der Waals surface area contributed by atoms with Gasteiger partial charge in [-0.15, -0.1) is 11.3 Å². The van der Waals surface area contributed by atoms with Crippen LogP contribution < -0.4 is 14.8 Å². The predicted octanol–water partition coefficient (Wildman–Crippen LogP) is 3.25. The van der Waals surface area contributed by atoms with E-state index in [9.17, 15) is 4.79 Å². The first-order valence-corrected chi connectivity index (χ1v) is 12.2. The minimum absolute atomic E-state index is 0.0112. The summed E-state index contributed by atoms with van der Waals surface area (Å²) in [6.07, 6.45) is 5.91. The molecule has 3 heterocycles. The van der Waals surface area contributed by atoms with Gasteiger partial charge >= 0.3 is 0 Å². The molecule has 0 bridgehead atoms. The van der Waals surface area contributed by atoms with Gasteiger partial charge in [0, 0.05) is 44.1 Å². The number of benzene rings is 1. The molecule has 31 heavy (non-hydrogen) atoms. The maximum Gasteiger partial charge on any atom is 0.270 e. The lowest BCUT2D eigenvalue weighted by molar-refractivity contribution is 0.0922. The van der Waals surface area contributed by atoms with Crippen molar-refractivity contribution in [2.24, 2.45) is 0 Å². The number of aromatic nitrogens is 1. The van der Waals surface area contributed by atoms with Gasteiger partial charge in [0.05, 0.1) is 6.54 Å². The maximum atomic E-state index is 12.5. The van der Waals surface area contributed by atoms with E-state index in [0.29, 0.717) is 18.5 Å². The molecule has 5 rings (SSSR count). The Morgan fingerprint density at radius 1 is 1.03 bits per heavy atom. The highest BCUT2D eigenvalue weighted by atomic mass is 32.1. The Morgan fingerprint density at radius 2 is 1.77 bits per heavy atom. The smallest absolute Gasteiger partial charge is 0.270 e. The number of hydrogen-bond acceptors (Lipinski definition) is 7. The van der Waals surface area contributed by atoms with Gasteiger partial charge in [-0.2, -0.15) is 0 Å². The van der Waals surface area contributed by atoms with Crippen LogP contribution in [0.5, 0.6) is 11.5 Å². The van der Waals surface area contributed by atoms with Crippen LogP contribution in [0, 0.1) is 0 Å². The zero-order chi connectivity index (χ0) is 21.0. The molecule has 0 spiro atoms. The van der Waals surface area contributed by atoms with E-state index in [1.54, 1.807) is 11.3 Å². The molecule has 3 aliphatic rings. The largest absolute Gasteiger partial charge is 0.454 e. The van der Waals surface area contributed by atoms with Crippen LogP contribution in [-0.2, 0) is 13.1 Å². The van der Waals surface area contributed by atoms with E-state index in [1.165, 1.54) is 24.8 Å². The molecular weight excluding hydrogens is 412 g/mol. The van der Waals surface area contributed by atoms with Crippen LogP contribution in [0.4, 0.5) is 0 Å². The molecule has 2 aromatic rings. The summed E-state index contributed by atoms with van der Waals surface area (Å²) in [5.41, 5.74) is 1.83. The van der Waals surface area contributed by atoms with E-state index in [4.69, 9.17) is 9.47 Å². The van der Waals surface area contributed by atoms with Gasteiger partial charge < -0.3 is 14.8 Å². The minimum Gasteiger partial charge on any atom is -0.454 e. The number of ether oxygens (including phenoxy) is 2. The fraction of sp³-hybridized carbons (Fsp3) is 0.565. The van der Waals surface area contributed by atoms with Crippen molar-refractivity contribution in [3.63, 3.8) is 0 Å². The third-order valence-corrected chi connectivity index (χ3v) is 7.23. The standard InChI is InChI=1S/C23H30N4O3S/c28-23(24-18-4-2-1-3-5-18)19-15-31-22(25-19)14-27-10-8-26(9-11-27)13-17-6-7-20-21(12-17)30-16-29-20/h6-7,12,15,18H,1-5,8-11,13-14,16H2,(H,24,28). The second kappa shape index (κ2) is 9.54. The number of thiazole rings is 1. The molecule has 166 valence electrons. The van der Waals surface area contributed by atoms with Crippen LogP contribution in [0.2, 0.25) is 0 Å². The maximum absolute atomic E-state index is 12.5. The van der Waals surface area contributed by atoms with Gasteiger partial charge in [0.2, 0.25) is 6.79 Å². The Morgan fingerprint density at radius 3 is 2.58 bits per heavy atom. The number of piperazine rings is 1. The van der Waals surface area contributed by atoms with E-state index in [0.717, 1.165) is 68.6 Å². The number of carbonyl (C=O) groups is 1. The van der Waals surface area contributed by atoms with Gasteiger partial charge in [-0.25, -0.2) is 4.98 Å². The third kappa shape index (κ3) is 5.19. The van der Waals surface area contributed by atoms with Crippen LogP contribution in [0.25, 0.3) is 0 Å². The third-order valence-electron chi connectivity index (χ3n) is 6.39. The highest BCUT2D eigenvalue weighted by molar-refractivity contribution is 7.09. The Labute approximate surface area is 187 Å². The first kappa shape index (κ1) is 20.7. The highest BCUT2D eigenvalue weighted by Gasteiger charge is 2.22. The van der Waals surface area contributed by atoms with Crippen LogP contribution in [-0.4, -0.2) is 59.7 Å². The number of rotatable bonds is 6. The lowest BCUT2D eigenvalue weighted by Crippen LogP contribution is -2.45. The summed E-state index contributed by atoms with van der Waals surface area (Å²) in [6.45, 7) is 6.12. The molecule has 2 fully saturated rings. The zero-order valence-corrected chi connectivity index (χ0v) is 18.7. The molecule has 1 aromatic heterocycles. The number of amides is 1. The van der Waals surface area contributed by atoms with Gasteiger partial charge in [0.25, 0.3) is 5.91 Å². The van der Waals surface area contributed by atoms with Gasteiger partial charge in [0.1, 0.15) is 10.7 Å². The molecule has 1 aromatic carbocycles. The summed E-state index contributed by atoms with van der Waals surface area (Å²) in [6, 6.07) is 6.53. The molecule has 7 nitrogen and oxygen atoms in total. The summed E-state index contributed by atoms with van der Waals surface area (Å²) in [7, 11) is 0. The minimum atomic E-state index is -0.0112. The van der Waals surface area contributed by atoms with Gasteiger partial charge in [-0.1, -0.05) is 25.3 Å². The molecule has 1 aliphatic carbocycles. The molecular formula is C23H30N4O3S. The molecule has 0 radical (unpaired) electrons. The average Bonchev–Trinajstić information content (AvgIpc) is 3.45. The van der Waals surface area contributed by atoms with Crippen LogP contribution >= 0.6 is 11.3 Å². The quantitative estimate of drug-likeness (QED) is 0.741. The van der Waals surface area contributed by atoms with Gasteiger partial charge in [-0.3, -0.25) is 14.6 Å². The first-order valence-electron chi connectivity index (χ1n) is 11.3. The lowest BCUT2D eigenvalue weighted by atomic mass is 9.95. The van der Waals surface area contributed by atoms with Gasteiger partial charge in [0.15, 0.2) is 11.5 Å². The SMILES string of the molecule is O=C(NC1CCCCC1)c1csc(CN2CCN(Cc3ccc4c(c3)OCO4)CC2)n1. The summed E-state index contributed by atoms with van der Waals surface area (Å²) in [5, 5.41) is 6.10. The summed E-state index contributed by atoms with van der Waals surface area (Å²) in [4.78, 5) is 22.0. The number of nitrogens with one attached hydrogen (secondary N) is 1. The Balaban J connectivity index is 1.08. The van der Waals surface area contributed by atoms with Crippen molar-refractivity contribution in [3.8, 4) is 11.5 Å². The van der Waals surface area contributed by atoms with E-state index in [2.05, 4.69) is 32.2 Å². The van der Waals surface area contributed by atoms with Crippen molar-refractivity contribution >= 4 is 17.2 Å². The summed E-state index contributed by atoms with van der Waals surface area (Å²) < 4.78 is 10.9. The molecule has 1 saturated carbocycles. The number of carbonyl (C=O) groups excluding carboxylic acids is 1. The van der Waals surface area contributed by atoms with Crippen molar-refractivity contribution in [3.05, 3.63) is 39.8 Å². The molecule has 1 N–H and O–H groups in total. The van der Waals surface area contributed by atoms with Crippen LogP contribution in [0.15, 0.2) is 23.6 Å². The van der Waals surface area contributed by atoms with E-state index >= 15 is 0 Å². The molecule has 1 saturated heterocycles. The van der Waals surface area contributed by atoms with Crippen LogP contribution in [0.3, 0.4) is 0 Å². The van der Waals surface area contributed by atoms with Crippen LogP contribution in [0.1, 0.15) is 53.2 Å². The Kier molecular flexibility index (Phi) is 6.38. The van der Waals surface area contributed by atoms with Crippen molar-refractivity contribution in [1.82, 2.24) is 20.1 Å². The van der Waals surface area contributed by atoms with E-state index in [1.807, 2.05) is 11.4 Å². The molecule has 1 amide bonds. The fourth-order valence-corrected chi connectivity index (χ4v) is 5.40. The lowest BCUT2D eigenvalue weighted by Gasteiger charge is -2.34. The normalized spacial score (nSPS) is 20.1. The van der Waals surface area contributed by atoms with Crippen molar-refractivity contribution in [2.75, 3.05) is 33.0 Å². The Hall–Kier alpha value is -2.16. The van der Waals surface area contributed by atoms with Crippen molar-refractivity contribution in [2.45, 2.75) is 51.2 Å². The first-order chi connectivity index (χ1) is 15.2. The topological polar surface area (TPSA) is 66.9 Å². The molecule has 0 atom stereocenters. The zero-order valence-electron chi connectivity index (χ0n) is 17.8. The summed E-state index contributed by atoms with van der Waals surface area (Å²) >= 11 is 1.60. The summed E-state index contributed by atoms with van der Waals surface area (Å²) in [5.74, 6) is 1.68. The predicted molar refractivity (Wildman–Crippen MR) is 120 cm³/mol. The Bertz CT molecular complexity index is 904. The second-order valence-electron chi connectivity index (χ2n) is 8.67.